The minimum absolute atomic E-state index is 0.119. The van der Waals surface area contributed by atoms with Crippen LogP contribution in [0.2, 0.25) is 5.02 Å². The molecular weight excluding hydrogens is 350 g/mol. The molecule has 0 saturated heterocycles. The monoisotopic (exact) mass is 371 g/mol. The Morgan fingerprint density at radius 2 is 2.04 bits per heavy atom. The Morgan fingerprint density at radius 1 is 1.23 bits per heavy atom. The van der Waals surface area contributed by atoms with E-state index >= 15 is 0 Å². The lowest BCUT2D eigenvalue weighted by Crippen LogP contribution is -2.36. The number of imidazole rings is 1. The highest BCUT2D eigenvalue weighted by Gasteiger charge is 2.16. The Bertz CT molecular complexity index is 865. The molecule has 0 unspecified atom stereocenters. The van der Waals surface area contributed by atoms with Gasteiger partial charge in [0.25, 0.3) is 5.91 Å². The Labute approximate surface area is 157 Å². The number of halogens is 1. The smallest absolute Gasteiger partial charge is 0.260 e. The van der Waals surface area contributed by atoms with Crippen molar-refractivity contribution in [2.24, 2.45) is 0 Å². The second-order valence-electron chi connectivity index (χ2n) is 6.15. The van der Waals surface area contributed by atoms with E-state index in [1.54, 1.807) is 31.6 Å². The summed E-state index contributed by atoms with van der Waals surface area (Å²) in [6, 6.07) is 11.3. The second kappa shape index (κ2) is 8.72. The van der Waals surface area contributed by atoms with Crippen molar-refractivity contribution in [3.8, 4) is 5.75 Å². The topological polar surface area (TPSA) is 56.1 Å². The van der Waals surface area contributed by atoms with Crippen molar-refractivity contribution in [1.82, 2.24) is 14.9 Å². The summed E-state index contributed by atoms with van der Waals surface area (Å²) < 4.78 is 7.90. The van der Waals surface area contributed by atoms with Crippen LogP contribution in [0.15, 0.2) is 55.1 Å². The maximum Gasteiger partial charge on any atom is 0.260 e. The summed E-state index contributed by atoms with van der Waals surface area (Å²) in [5.74, 6) is 0.541. The maximum absolute atomic E-state index is 12.3. The molecule has 5 nitrogen and oxygen atoms in total. The molecule has 6 heteroatoms. The largest absolute Gasteiger partial charge is 0.480 e. The summed E-state index contributed by atoms with van der Waals surface area (Å²) in [7, 11) is 0. The van der Waals surface area contributed by atoms with E-state index in [0.29, 0.717) is 17.3 Å². The number of carbonyl (C=O) groups excluding carboxylic acids is 1. The number of fused-ring (bicyclic) bond motifs is 1. The Balaban J connectivity index is 1.49. The van der Waals surface area contributed by atoms with Gasteiger partial charge < -0.3 is 14.6 Å². The van der Waals surface area contributed by atoms with Crippen molar-refractivity contribution in [3.05, 3.63) is 60.1 Å². The molecule has 136 valence electrons. The van der Waals surface area contributed by atoms with E-state index in [1.165, 1.54) is 0 Å². The third kappa shape index (κ3) is 4.55. The predicted molar refractivity (Wildman–Crippen MR) is 104 cm³/mol. The van der Waals surface area contributed by atoms with Crippen molar-refractivity contribution in [2.45, 2.75) is 32.4 Å². The molecule has 0 aliphatic heterocycles. The predicted octanol–water partition coefficient (Wildman–Crippen LogP) is 4.05. The number of carbonyl (C=O) groups is 1. The minimum atomic E-state index is -0.576. The van der Waals surface area contributed by atoms with Crippen LogP contribution in [0.4, 0.5) is 0 Å². The summed E-state index contributed by atoms with van der Waals surface area (Å²) in [5, 5.41) is 5.42. The molecule has 0 aliphatic rings. The number of nitrogens with zero attached hydrogens (tertiary/aromatic N) is 2. The van der Waals surface area contributed by atoms with Crippen LogP contribution in [0.5, 0.6) is 5.75 Å². The third-order valence-corrected chi connectivity index (χ3v) is 4.53. The maximum atomic E-state index is 12.3. The van der Waals surface area contributed by atoms with Crippen LogP contribution in [0, 0.1) is 0 Å². The fraction of sp³-hybridized carbons (Fsp3) is 0.300. The van der Waals surface area contributed by atoms with Crippen molar-refractivity contribution in [1.29, 1.82) is 0 Å². The van der Waals surface area contributed by atoms with Crippen molar-refractivity contribution < 1.29 is 9.53 Å². The number of rotatable bonds is 8. The van der Waals surface area contributed by atoms with Crippen LogP contribution in [0.25, 0.3) is 10.8 Å². The number of nitrogens with one attached hydrogen (secondary N) is 1. The fourth-order valence-corrected chi connectivity index (χ4v) is 3.00. The molecule has 1 atom stereocenters. The molecule has 0 aliphatic carbocycles. The van der Waals surface area contributed by atoms with Gasteiger partial charge in [-0.2, -0.15) is 0 Å². The molecular formula is C20H22ClN3O2. The van der Waals surface area contributed by atoms with Crippen LogP contribution in [0.1, 0.15) is 19.8 Å². The molecule has 1 amide bonds. The van der Waals surface area contributed by atoms with Crippen LogP contribution in [-0.2, 0) is 11.3 Å². The number of unbranched alkanes of at least 4 members (excludes halogenated alkanes) is 1. The Hall–Kier alpha value is -2.53. The lowest BCUT2D eigenvalue weighted by atomic mass is 10.1. The summed E-state index contributed by atoms with van der Waals surface area (Å²) in [5.41, 5.74) is 0. The van der Waals surface area contributed by atoms with Crippen LogP contribution < -0.4 is 10.1 Å². The van der Waals surface area contributed by atoms with Gasteiger partial charge in [-0.1, -0.05) is 35.9 Å². The summed E-state index contributed by atoms with van der Waals surface area (Å²) in [6.45, 7) is 3.28. The zero-order valence-corrected chi connectivity index (χ0v) is 15.4. The van der Waals surface area contributed by atoms with E-state index < -0.39 is 6.10 Å². The Kier molecular flexibility index (Phi) is 6.12. The van der Waals surface area contributed by atoms with Crippen LogP contribution in [0.3, 0.4) is 0 Å². The number of benzene rings is 2. The number of ether oxygens (including phenoxy) is 1. The van der Waals surface area contributed by atoms with Gasteiger partial charge in [0.2, 0.25) is 0 Å². The first-order valence-corrected chi connectivity index (χ1v) is 9.10. The highest BCUT2D eigenvalue weighted by molar-refractivity contribution is 6.35. The van der Waals surface area contributed by atoms with Gasteiger partial charge in [-0.25, -0.2) is 4.98 Å². The van der Waals surface area contributed by atoms with E-state index in [4.69, 9.17) is 16.3 Å². The first-order valence-electron chi connectivity index (χ1n) is 8.72. The lowest BCUT2D eigenvalue weighted by molar-refractivity contribution is -0.127. The molecule has 0 bridgehead atoms. The van der Waals surface area contributed by atoms with E-state index in [1.807, 2.05) is 35.0 Å². The van der Waals surface area contributed by atoms with Gasteiger partial charge in [-0.15, -0.1) is 0 Å². The average Bonchev–Trinajstić information content (AvgIpc) is 3.17. The van der Waals surface area contributed by atoms with Gasteiger partial charge in [-0.05, 0) is 31.9 Å². The summed E-state index contributed by atoms with van der Waals surface area (Å²) >= 11 is 6.22. The van der Waals surface area contributed by atoms with Crippen molar-refractivity contribution >= 4 is 28.3 Å². The third-order valence-electron chi connectivity index (χ3n) is 4.21. The molecule has 3 rings (SSSR count). The molecule has 1 N–H and O–H groups in total. The minimum Gasteiger partial charge on any atom is -0.480 e. The zero-order valence-electron chi connectivity index (χ0n) is 14.7. The molecule has 1 aromatic heterocycles. The van der Waals surface area contributed by atoms with Gasteiger partial charge in [-0.3, -0.25) is 4.79 Å². The summed E-state index contributed by atoms with van der Waals surface area (Å²) in [4.78, 5) is 16.3. The lowest BCUT2D eigenvalue weighted by Gasteiger charge is -2.16. The zero-order chi connectivity index (χ0) is 18.4. The average molecular weight is 372 g/mol. The van der Waals surface area contributed by atoms with Crippen molar-refractivity contribution in [2.75, 3.05) is 6.54 Å². The quantitative estimate of drug-likeness (QED) is 0.607. The molecule has 0 fully saturated rings. The molecule has 0 spiro atoms. The first kappa shape index (κ1) is 18.3. The van der Waals surface area contributed by atoms with Gasteiger partial charge in [0, 0.05) is 41.3 Å². The standard InChI is InChI=1S/C20H22ClN3O2/c1-15(20(25)23-10-4-5-12-24-13-11-22-14-24)26-19-9-8-18(21)16-6-2-3-7-17(16)19/h2-3,6-9,11,13-15H,4-5,10,12H2,1H3,(H,23,25)/t15-/m0/s1. The Morgan fingerprint density at radius 3 is 2.81 bits per heavy atom. The second-order valence-corrected chi connectivity index (χ2v) is 6.56. The number of hydrogen-bond donors (Lipinski definition) is 1. The molecule has 3 aromatic rings. The number of amides is 1. The van der Waals surface area contributed by atoms with Crippen LogP contribution in [-0.4, -0.2) is 28.1 Å². The highest BCUT2D eigenvalue weighted by Crippen LogP contribution is 2.31. The molecule has 0 saturated carbocycles. The normalized spacial score (nSPS) is 12.1. The molecule has 2 aromatic carbocycles. The highest BCUT2D eigenvalue weighted by atomic mass is 35.5. The van der Waals surface area contributed by atoms with Gasteiger partial charge in [0.1, 0.15) is 5.75 Å². The summed E-state index contributed by atoms with van der Waals surface area (Å²) in [6.07, 6.45) is 6.80. The van der Waals surface area contributed by atoms with E-state index in [0.717, 1.165) is 30.2 Å². The molecule has 0 radical (unpaired) electrons. The van der Waals surface area contributed by atoms with Gasteiger partial charge in [0.05, 0.1) is 6.33 Å². The molecule has 26 heavy (non-hydrogen) atoms. The SMILES string of the molecule is C[C@H](Oc1ccc(Cl)c2ccccc12)C(=O)NCCCCn1ccnc1. The van der Waals surface area contributed by atoms with Gasteiger partial charge >= 0.3 is 0 Å². The van der Waals surface area contributed by atoms with Crippen molar-refractivity contribution in [3.63, 3.8) is 0 Å². The first-order chi connectivity index (χ1) is 12.6. The molecule has 1 heterocycles. The fourth-order valence-electron chi connectivity index (χ4n) is 2.78. The van der Waals surface area contributed by atoms with E-state index in [2.05, 4.69) is 10.3 Å². The number of aryl methyl sites for hydroxylation is 1. The van der Waals surface area contributed by atoms with Crippen LogP contribution >= 0.6 is 11.6 Å². The van der Waals surface area contributed by atoms with E-state index in [9.17, 15) is 4.79 Å². The van der Waals surface area contributed by atoms with Gasteiger partial charge in [0.15, 0.2) is 6.10 Å². The number of hydrogen-bond acceptors (Lipinski definition) is 3. The number of aromatic nitrogens is 2. The van der Waals surface area contributed by atoms with E-state index in [-0.39, 0.29) is 5.91 Å².